The second kappa shape index (κ2) is 13.5. The van der Waals surface area contributed by atoms with Crippen molar-refractivity contribution in [1.29, 1.82) is 0 Å². The van der Waals surface area contributed by atoms with E-state index in [9.17, 15) is 22.1 Å². The smallest absolute Gasteiger partial charge is 0.393 e. The molecule has 2 aromatic carbocycles. The SMILES string of the molecule is COc1cc(P(=O)(C(C)C)C(C)C)ccc1NCC#Cc1sc2c(N[C@@H]3CCN(C)C[C@@H]3F)cccc2c1CC(F)(F)F. The van der Waals surface area contributed by atoms with Gasteiger partial charge in [0.1, 0.15) is 19.1 Å². The minimum atomic E-state index is -4.41. The van der Waals surface area contributed by atoms with Crippen molar-refractivity contribution >= 4 is 45.2 Å². The first-order valence-corrected chi connectivity index (χ1v) is 17.1. The van der Waals surface area contributed by atoms with Gasteiger partial charge in [0.25, 0.3) is 0 Å². The number of halogens is 4. The Morgan fingerprint density at radius 3 is 2.49 bits per heavy atom. The molecule has 0 spiro atoms. The van der Waals surface area contributed by atoms with Crippen molar-refractivity contribution in [3.63, 3.8) is 0 Å². The fourth-order valence-corrected chi connectivity index (χ4v) is 9.86. The monoisotopic (exact) mass is 637 g/mol. The number of hydrogen-bond acceptors (Lipinski definition) is 6. The Labute approximate surface area is 255 Å². The summed E-state index contributed by atoms with van der Waals surface area (Å²) in [7, 11) is 0.745. The molecule has 5 nitrogen and oxygen atoms in total. The van der Waals surface area contributed by atoms with Gasteiger partial charge in [-0.1, -0.05) is 51.7 Å². The summed E-state index contributed by atoms with van der Waals surface area (Å²) in [5.74, 6) is 6.45. The number of piperidine rings is 1. The average molecular weight is 638 g/mol. The lowest BCUT2D eigenvalue weighted by Crippen LogP contribution is -2.46. The van der Waals surface area contributed by atoms with Crippen LogP contribution in [0.25, 0.3) is 10.1 Å². The highest BCUT2D eigenvalue weighted by Gasteiger charge is 2.34. The van der Waals surface area contributed by atoms with Crippen molar-refractivity contribution < 1.29 is 26.9 Å². The van der Waals surface area contributed by atoms with Gasteiger partial charge in [0, 0.05) is 29.7 Å². The maximum Gasteiger partial charge on any atom is 0.393 e. The molecule has 4 rings (SSSR count). The lowest BCUT2D eigenvalue weighted by atomic mass is 10.0. The van der Waals surface area contributed by atoms with E-state index in [1.54, 1.807) is 30.3 Å². The summed E-state index contributed by atoms with van der Waals surface area (Å²) in [6.07, 6.45) is -5.99. The third-order valence-corrected chi connectivity index (χ3v) is 13.3. The van der Waals surface area contributed by atoms with Crippen LogP contribution in [0.1, 0.15) is 44.6 Å². The molecular formula is C32H40F4N3O2PS. The minimum absolute atomic E-state index is 0.0208. The van der Waals surface area contributed by atoms with E-state index in [1.165, 1.54) is 18.4 Å². The molecule has 2 N–H and O–H groups in total. The number of fused-ring (bicyclic) bond motifs is 1. The quantitative estimate of drug-likeness (QED) is 0.143. The van der Waals surface area contributed by atoms with Gasteiger partial charge >= 0.3 is 6.18 Å². The van der Waals surface area contributed by atoms with Crippen LogP contribution in [-0.4, -0.2) is 68.4 Å². The largest absolute Gasteiger partial charge is 0.495 e. The number of anilines is 2. The van der Waals surface area contributed by atoms with Gasteiger partial charge in [0.2, 0.25) is 0 Å². The van der Waals surface area contributed by atoms with Gasteiger partial charge in [-0.15, -0.1) is 11.3 Å². The van der Waals surface area contributed by atoms with Crippen molar-refractivity contribution in [3.05, 3.63) is 46.8 Å². The molecule has 43 heavy (non-hydrogen) atoms. The van der Waals surface area contributed by atoms with Crippen LogP contribution in [0.4, 0.5) is 28.9 Å². The van der Waals surface area contributed by atoms with Gasteiger partial charge in [0.15, 0.2) is 0 Å². The van der Waals surface area contributed by atoms with E-state index < -0.39 is 32.0 Å². The van der Waals surface area contributed by atoms with Gasteiger partial charge in [-0.2, -0.15) is 13.2 Å². The zero-order valence-corrected chi connectivity index (χ0v) is 27.2. The van der Waals surface area contributed by atoms with Gasteiger partial charge in [-0.25, -0.2) is 4.39 Å². The lowest BCUT2D eigenvalue weighted by Gasteiger charge is -2.33. The fraction of sp³-hybridized carbons (Fsp3) is 0.500. The number of likely N-dealkylation sites (tertiary alicyclic amines) is 1. The highest BCUT2D eigenvalue weighted by Crippen LogP contribution is 2.54. The maximum absolute atomic E-state index is 14.7. The summed E-state index contributed by atoms with van der Waals surface area (Å²) in [6, 6.07) is 10.2. The van der Waals surface area contributed by atoms with E-state index in [4.69, 9.17) is 4.74 Å². The topological polar surface area (TPSA) is 53.6 Å². The normalized spacial score (nSPS) is 18.1. The van der Waals surface area contributed by atoms with Crippen molar-refractivity contribution in [2.75, 3.05) is 44.4 Å². The number of hydrogen-bond donors (Lipinski definition) is 2. The molecule has 1 saturated heterocycles. The Morgan fingerprint density at radius 2 is 1.86 bits per heavy atom. The molecule has 0 bridgehead atoms. The number of benzene rings is 2. The molecule has 0 amide bonds. The Kier molecular flexibility index (Phi) is 10.4. The molecule has 1 aliphatic rings. The van der Waals surface area contributed by atoms with Crippen molar-refractivity contribution in [3.8, 4) is 17.6 Å². The molecule has 0 radical (unpaired) electrons. The van der Waals surface area contributed by atoms with Gasteiger partial charge < -0.3 is 24.8 Å². The second-order valence-corrected chi connectivity index (χ2v) is 16.7. The van der Waals surface area contributed by atoms with E-state index in [2.05, 4.69) is 22.5 Å². The predicted molar refractivity (Wildman–Crippen MR) is 172 cm³/mol. The first kappa shape index (κ1) is 33.2. The molecule has 0 saturated carbocycles. The first-order chi connectivity index (χ1) is 20.2. The third kappa shape index (κ3) is 7.50. The first-order valence-electron chi connectivity index (χ1n) is 14.5. The van der Waals surface area contributed by atoms with Crippen LogP contribution >= 0.6 is 18.5 Å². The van der Waals surface area contributed by atoms with Crippen LogP contribution in [0.5, 0.6) is 5.75 Å². The second-order valence-electron chi connectivity index (χ2n) is 11.6. The summed E-state index contributed by atoms with van der Waals surface area (Å²) in [6.45, 7) is 9.05. The summed E-state index contributed by atoms with van der Waals surface area (Å²) in [4.78, 5) is 2.26. The summed E-state index contributed by atoms with van der Waals surface area (Å²) < 4.78 is 75.6. The van der Waals surface area contributed by atoms with Gasteiger partial charge in [-0.05, 0) is 48.7 Å². The molecule has 2 heterocycles. The Hall–Kier alpha value is -2.73. The Balaban J connectivity index is 1.60. The predicted octanol–water partition coefficient (Wildman–Crippen LogP) is 7.74. The standard InChI is InChI=1S/C32H40F4N3O2PS/c1-20(2)42(40,21(3)4)22-12-13-27(29(17-22)41-6)37-15-8-11-30-24(18-32(34,35)36)23-9-7-10-28(31(23)43-30)38-26-14-16-39(5)19-25(26)33/h7,9-10,12-13,17,20-21,25-26,37-38H,14-16,18-19H2,1-6H3/t25-,26+/m0/s1. The Morgan fingerprint density at radius 1 is 1.14 bits per heavy atom. The fourth-order valence-electron chi connectivity index (χ4n) is 5.68. The maximum atomic E-state index is 14.7. The molecule has 11 heteroatoms. The lowest BCUT2D eigenvalue weighted by molar-refractivity contribution is -0.126. The van der Waals surface area contributed by atoms with Crippen LogP contribution in [0.2, 0.25) is 0 Å². The summed E-state index contributed by atoms with van der Waals surface area (Å²) in [5, 5.41) is 7.67. The number of ether oxygens (including phenoxy) is 1. The van der Waals surface area contributed by atoms with E-state index in [1.807, 2.05) is 45.7 Å². The highest BCUT2D eigenvalue weighted by atomic mass is 32.1. The van der Waals surface area contributed by atoms with Gasteiger partial charge in [0.05, 0.1) is 47.1 Å². The third-order valence-electron chi connectivity index (χ3n) is 7.97. The number of methoxy groups -OCH3 is 1. The number of nitrogens with one attached hydrogen (secondary N) is 2. The van der Waals surface area contributed by atoms with Crippen LogP contribution in [0.15, 0.2) is 36.4 Å². The van der Waals surface area contributed by atoms with Crippen molar-refractivity contribution in [2.24, 2.45) is 0 Å². The van der Waals surface area contributed by atoms with E-state index >= 15 is 0 Å². The molecule has 0 aliphatic carbocycles. The molecule has 1 aliphatic heterocycles. The zero-order valence-electron chi connectivity index (χ0n) is 25.4. The minimum Gasteiger partial charge on any atom is -0.495 e. The van der Waals surface area contributed by atoms with E-state index in [-0.39, 0.29) is 23.4 Å². The molecule has 234 valence electrons. The van der Waals surface area contributed by atoms with Crippen LogP contribution in [0.3, 0.4) is 0 Å². The van der Waals surface area contributed by atoms with Crippen LogP contribution in [0, 0.1) is 11.8 Å². The van der Waals surface area contributed by atoms with Gasteiger partial charge in [-0.3, -0.25) is 0 Å². The molecular weight excluding hydrogens is 597 g/mol. The number of thiophene rings is 1. The summed E-state index contributed by atoms with van der Waals surface area (Å²) in [5.41, 5.74) is 1.36. The molecule has 3 aromatic rings. The summed E-state index contributed by atoms with van der Waals surface area (Å²) >= 11 is 1.19. The average Bonchev–Trinajstić information content (AvgIpc) is 3.28. The number of rotatable bonds is 9. The van der Waals surface area contributed by atoms with Crippen molar-refractivity contribution in [2.45, 2.75) is 70.2 Å². The van der Waals surface area contributed by atoms with E-state index in [0.29, 0.717) is 45.1 Å². The number of alkyl halides is 4. The van der Waals surface area contributed by atoms with Crippen LogP contribution in [-0.2, 0) is 11.0 Å². The Bertz CT molecular complexity index is 1530. The molecule has 2 atom stereocenters. The van der Waals surface area contributed by atoms with E-state index in [0.717, 1.165) is 11.8 Å². The van der Waals surface area contributed by atoms with Crippen molar-refractivity contribution in [1.82, 2.24) is 4.90 Å². The van der Waals surface area contributed by atoms with Crippen LogP contribution < -0.4 is 20.7 Å². The zero-order chi connectivity index (χ0) is 31.5. The molecule has 1 aromatic heterocycles. The molecule has 1 fully saturated rings. The molecule has 0 unspecified atom stereocenters. The highest BCUT2D eigenvalue weighted by molar-refractivity contribution is 7.72. The number of nitrogens with zero attached hydrogens (tertiary/aromatic N) is 1.